The van der Waals surface area contributed by atoms with Gasteiger partial charge in [-0.2, -0.15) is 8.78 Å². The summed E-state index contributed by atoms with van der Waals surface area (Å²) < 4.78 is 26.5. The molecule has 0 spiro atoms. The van der Waals surface area contributed by atoms with Gasteiger partial charge in [-0.25, -0.2) is 4.79 Å². The number of fused-ring (bicyclic) bond motifs is 2. The number of carbonyl (C=O) groups is 1. The molecule has 0 radical (unpaired) electrons. The predicted octanol–water partition coefficient (Wildman–Crippen LogP) is 3.18. The quantitative estimate of drug-likeness (QED) is 0.897. The van der Waals surface area contributed by atoms with Crippen molar-refractivity contribution in [2.75, 3.05) is 0 Å². The van der Waals surface area contributed by atoms with Crippen molar-refractivity contribution in [1.82, 2.24) is 15.6 Å². The van der Waals surface area contributed by atoms with E-state index in [1.165, 1.54) is 31.5 Å². The van der Waals surface area contributed by atoms with Crippen LogP contribution < -0.4 is 10.6 Å². The van der Waals surface area contributed by atoms with Gasteiger partial charge in [0.25, 0.3) is 5.92 Å². The molecular weight excluding hydrogens is 288 g/mol. The van der Waals surface area contributed by atoms with Gasteiger partial charge in [0.05, 0.1) is 0 Å². The van der Waals surface area contributed by atoms with Crippen LogP contribution in [-0.4, -0.2) is 17.1 Å². The van der Waals surface area contributed by atoms with Crippen molar-refractivity contribution in [3.63, 3.8) is 0 Å². The Labute approximate surface area is 128 Å². The molecule has 2 N–H and O–H groups in total. The lowest BCUT2D eigenvalue weighted by atomic mass is 9.95. The molecule has 0 aromatic carbocycles. The molecule has 1 aromatic rings. The first-order valence-corrected chi connectivity index (χ1v) is 7.79. The van der Waals surface area contributed by atoms with E-state index in [-0.39, 0.29) is 24.3 Å². The number of pyridine rings is 1. The SMILES string of the molecule is CC(F)(F)c1cc(CNC(=O)N[C@H]2C[C@@H]3CC[C@H]2C3)ccn1. The summed E-state index contributed by atoms with van der Waals surface area (Å²) in [6.07, 6.45) is 6.13. The number of halogens is 2. The van der Waals surface area contributed by atoms with E-state index in [4.69, 9.17) is 0 Å². The monoisotopic (exact) mass is 309 g/mol. The lowest BCUT2D eigenvalue weighted by molar-refractivity contribution is 0.0127. The number of amides is 2. The number of rotatable bonds is 4. The number of nitrogens with zero attached hydrogens (tertiary/aromatic N) is 1. The Bertz CT molecular complexity index is 559. The average Bonchev–Trinajstić information content (AvgIpc) is 3.07. The van der Waals surface area contributed by atoms with Gasteiger partial charge < -0.3 is 10.6 Å². The smallest absolute Gasteiger partial charge is 0.315 e. The summed E-state index contributed by atoms with van der Waals surface area (Å²) >= 11 is 0. The molecule has 4 nitrogen and oxygen atoms in total. The molecule has 0 aliphatic heterocycles. The molecule has 22 heavy (non-hydrogen) atoms. The molecule has 3 atom stereocenters. The predicted molar refractivity (Wildman–Crippen MR) is 78.4 cm³/mol. The molecule has 1 heterocycles. The Hall–Kier alpha value is -1.72. The van der Waals surface area contributed by atoms with E-state index in [0.717, 1.165) is 19.3 Å². The van der Waals surface area contributed by atoms with Crippen LogP contribution in [0.25, 0.3) is 0 Å². The summed E-state index contributed by atoms with van der Waals surface area (Å²) in [7, 11) is 0. The third-order valence-electron chi connectivity index (χ3n) is 4.78. The fourth-order valence-corrected chi connectivity index (χ4v) is 3.65. The molecule has 0 saturated heterocycles. The highest BCUT2D eigenvalue weighted by Crippen LogP contribution is 2.44. The van der Waals surface area contributed by atoms with Crippen molar-refractivity contribution in [2.24, 2.45) is 11.8 Å². The number of nitrogens with one attached hydrogen (secondary N) is 2. The van der Waals surface area contributed by atoms with Gasteiger partial charge in [-0.15, -0.1) is 0 Å². The van der Waals surface area contributed by atoms with E-state index in [9.17, 15) is 13.6 Å². The third-order valence-corrected chi connectivity index (χ3v) is 4.78. The normalized spacial score (nSPS) is 27.0. The zero-order chi connectivity index (χ0) is 15.7. The molecule has 2 saturated carbocycles. The van der Waals surface area contributed by atoms with Gasteiger partial charge in [0, 0.05) is 25.7 Å². The summed E-state index contributed by atoms with van der Waals surface area (Å²) in [6.45, 7) is 1.03. The standard InChI is InChI=1S/C16H21F2N3O/c1-16(17,18)14-8-11(4-5-19-14)9-20-15(22)21-13-7-10-2-3-12(13)6-10/h4-5,8,10,12-13H,2-3,6-7,9H2,1H3,(H2,20,21,22)/t10-,12+,13+/m1/s1. The summed E-state index contributed by atoms with van der Waals surface area (Å²) in [5.74, 6) is -1.59. The van der Waals surface area contributed by atoms with Crippen LogP contribution >= 0.6 is 0 Å². The van der Waals surface area contributed by atoms with E-state index >= 15 is 0 Å². The second kappa shape index (κ2) is 5.82. The second-order valence-electron chi connectivity index (χ2n) is 6.55. The van der Waals surface area contributed by atoms with Crippen molar-refractivity contribution in [1.29, 1.82) is 0 Å². The first kappa shape index (κ1) is 15.2. The molecule has 1 aromatic heterocycles. The Balaban J connectivity index is 1.51. The summed E-state index contributed by atoms with van der Waals surface area (Å²) in [5.41, 5.74) is 0.343. The highest BCUT2D eigenvalue weighted by atomic mass is 19.3. The van der Waals surface area contributed by atoms with Crippen LogP contribution in [0.4, 0.5) is 13.6 Å². The zero-order valence-corrected chi connectivity index (χ0v) is 12.6. The minimum absolute atomic E-state index is 0.220. The Morgan fingerprint density at radius 1 is 1.41 bits per heavy atom. The first-order valence-electron chi connectivity index (χ1n) is 7.79. The van der Waals surface area contributed by atoms with Crippen LogP contribution in [0.5, 0.6) is 0 Å². The summed E-state index contributed by atoms with van der Waals surface area (Å²) in [6, 6.07) is 3.01. The lowest BCUT2D eigenvalue weighted by Crippen LogP contribution is -2.44. The van der Waals surface area contributed by atoms with Gasteiger partial charge in [0.15, 0.2) is 0 Å². The summed E-state index contributed by atoms with van der Waals surface area (Å²) in [4.78, 5) is 15.6. The van der Waals surface area contributed by atoms with Crippen molar-refractivity contribution >= 4 is 6.03 Å². The van der Waals surface area contributed by atoms with Crippen molar-refractivity contribution in [3.05, 3.63) is 29.6 Å². The molecule has 0 unspecified atom stereocenters. The highest BCUT2D eigenvalue weighted by Gasteiger charge is 2.40. The molecule has 2 aliphatic carbocycles. The maximum atomic E-state index is 13.2. The first-order chi connectivity index (χ1) is 10.4. The molecule has 2 bridgehead atoms. The summed E-state index contributed by atoms with van der Waals surface area (Å²) in [5, 5.41) is 5.75. The van der Waals surface area contributed by atoms with Gasteiger partial charge in [-0.05, 0) is 48.8 Å². The fourth-order valence-electron chi connectivity index (χ4n) is 3.65. The van der Waals surface area contributed by atoms with Crippen LogP contribution in [-0.2, 0) is 12.5 Å². The topological polar surface area (TPSA) is 54.0 Å². The van der Waals surface area contributed by atoms with Crippen molar-refractivity contribution < 1.29 is 13.6 Å². The fraction of sp³-hybridized carbons (Fsp3) is 0.625. The lowest BCUT2D eigenvalue weighted by Gasteiger charge is -2.23. The van der Waals surface area contributed by atoms with Gasteiger partial charge in [-0.3, -0.25) is 4.98 Å². The van der Waals surface area contributed by atoms with Gasteiger partial charge in [-0.1, -0.05) is 6.42 Å². The number of hydrogen-bond donors (Lipinski definition) is 2. The van der Waals surface area contributed by atoms with E-state index in [2.05, 4.69) is 15.6 Å². The van der Waals surface area contributed by atoms with E-state index in [1.54, 1.807) is 6.07 Å². The molecule has 120 valence electrons. The van der Waals surface area contributed by atoms with Gasteiger partial charge >= 0.3 is 6.03 Å². The van der Waals surface area contributed by atoms with Crippen LogP contribution in [0, 0.1) is 11.8 Å². The van der Waals surface area contributed by atoms with Crippen LogP contribution in [0.3, 0.4) is 0 Å². The average molecular weight is 309 g/mol. The highest BCUT2D eigenvalue weighted by molar-refractivity contribution is 5.74. The second-order valence-corrected chi connectivity index (χ2v) is 6.55. The third kappa shape index (κ3) is 3.36. The Kier molecular flexibility index (Phi) is 4.02. The zero-order valence-electron chi connectivity index (χ0n) is 12.6. The van der Waals surface area contributed by atoms with Crippen LogP contribution in [0.1, 0.15) is 43.9 Å². The van der Waals surface area contributed by atoms with Gasteiger partial charge in [0.1, 0.15) is 5.69 Å². The molecule has 2 aliphatic rings. The number of aromatic nitrogens is 1. The Morgan fingerprint density at radius 2 is 2.23 bits per heavy atom. The van der Waals surface area contributed by atoms with Crippen LogP contribution in [0.2, 0.25) is 0 Å². The maximum absolute atomic E-state index is 13.2. The molecule has 2 fully saturated rings. The molecular formula is C16H21F2N3O. The number of carbonyl (C=O) groups excluding carboxylic acids is 1. The number of hydrogen-bond acceptors (Lipinski definition) is 2. The minimum Gasteiger partial charge on any atom is -0.335 e. The molecule has 3 rings (SSSR count). The van der Waals surface area contributed by atoms with E-state index in [0.29, 0.717) is 11.5 Å². The number of urea groups is 1. The van der Waals surface area contributed by atoms with E-state index in [1.807, 2.05) is 0 Å². The van der Waals surface area contributed by atoms with Crippen molar-refractivity contribution in [3.8, 4) is 0 Å². The van der Waals surface area contributed by atoms with E-state index < -0.39 is 5.92 Å². The Morgan fingerprint density at radius 3 is 2.86 bits per heavy atom. The maximum Gasteiger partial charge on any atom is 0.315 e. The van der Waals surface area contributed by atoms with Crippen molar-refractivity contribution in [2.45, 2.75) is 51.1 Å². The van der Waals surface area contributed by atoms with Crippen LogP contribution in [0.15, 0.2) is 18.3 Å². The van der Waals surface area contributed by atoms with Gasteiger partial charge in [0.2, 0.25) is 0 Å². The molecule has 2 amide bonds. The largest absolute Gasteiger partial charge is 0.335 e. The minimum atomic E-state index is -2.97. The molecule has 6 heteroatoms. The number of alkyl halides is 2.